The fourth-order valence-corrected chi connectivity index (χ4v) is 4.91. The van der Waals surface area contributed by atoms with Crippen molar-refractivity contribution in [1.29, 1.82) is 0 Å². The maximum Gasteiger partial charge on any atom is 0.138 e. The number of carbonyl (C=O) groups excluding carboxylic acids is 1. The second kappa shape index (κ2) is 3.14. The van der Waals surface area contributed by atoms with E-state index in [-0.39, 0.29) is 5.41 Å². The monoisotopic (exact) mass is 236 g/mol. The Morgan fingerprint density at radius 3 is 2.53 bits per heavy atom. The molecule has 0 amide bonds. The molecule has 3 unspecified atom stereocenters. The van der Waals surface area contributed by atoms with Crippen LogP contribution in [0.4, 0.5) is 0 Å². The Balaban J connectivity index is 1.96. The van der Waals surface area contributed by atoms with Gasteiger partial charge in [-0.3, -0.25) is 4.79 Å². The molecule has 3 aliphatic carbocycles. The highest BCUT2D eigenvalue weighted by molar-refractivity contribution is 5.85. The van der Waals surface area contributed by atoms with Gasteiger partial charge in [-0.2, -0.15) is 0 Å². The zero-order valence-corrected chi connectivity index (χ0v) is 11.3. The van der Waals surface area contributed by atoms with Gasteiger partial charge in [-0.1, -0.05) is 20.8 Å². The molecule has 96 valence electrons. The Bertz CT molecular complexity index is 373. The van der Waals surface area contributed by atoms with Crippen molar-refractivity contribution in [3.63, 3.8) is 0 Å². The Morgan fingerprint density at radius 1 is 1.18 bits per heavy atom. The van der Waals surface area contributed by atoms with E-state index in [1.165, 1.54) is 0 Å². The predicted molar refractivity (Wildman–Crippen MR) is 66.5 cm³/mol. The van der Waals surface area contributed by atoms with Crippen LogP contribution in [0.2, 0.25) is 0 Å². The fraction of sp³-hybridized carbons (Fsp3) is 0.933. The molecule has 0 aromatic heterocycles. The molecule has 0 saturated heterocycles. The summed E-state index contributed by atoms with van der Waals surface area (Å²) < 4.78 is 0. The Hall–Kier alpha value is -0.370. The highest BCUT2D eigenvalue weighted by Crippen LogP contribution is 2.63. The zero-order chi connectivity index (χ0) is 12.5. The Morgan fingerprint density at radius 2 is 1.88 bits per heavy atom. The first-order chi connectivity index (χ1) is 7.77. The van der Waals surface area contributed by atoms with E-state index >= 15 is 0 Å². The number of hydrogen-bond acceptors (Lipinski definition) is 2. The molecular formula is C15H24O2. The van der Waals surface area contributed by atoms with Crippen molar-refractivity contribution in [1.82, 2.24) is 0 Å². The van der Waals surface area contributed by atoms with Gasteiger partial charge in [-0.05, 0) is 49.4 Å². The van der Waals surface area contributed by atoms with Gasteiger partial charge in [0.15, 0.2) is 0 Å². The molecule has 2 nitrogen and oxygen atoms in total. The van der Waals surface area contributed by atoms with Gasteiger partial charge in [0.2, 0.25) is 0 Å². The molecule has 0 aliphatic heterocycles. The van der Waals surface area contributed by atoms with Gasteiger partial charge in [-0.15, -0.1) is 0 Å². The summed E-state index contributed by atoms with van der Waals surface area (Å²) >= 11 is 0. The molecule has 3 saturated carbocycles. The fourth-order valence-electron chi connectivity index (χ4n) is 4.91. The van der Waals surface area contributed by atoms with Gasteiger partial charge in [0.25, 0.3) is 0 Å². The molecule has 17 heavy (non-hydrogen) atoms. The average molecular weight is 236 g/mol. The first kappa shape index (κ1) is 11.7. The number of fused-ring (bicyclic) bond motifs is 4. The first-order valence-corrected chi connectivity index (χ1v) is 7.03. The summed E-state index contributed by atoms with van der Waals surface area (Å²) in [5.74, 6) is 1.47. The van der Waals surface area contributed by atoms with Crippen LogP contribution in [0.5, 0.6) is 0 Å². The lowest BCUT2D eigenvalue weighted by molar-refractivity contribution is -0.168. The standard InChI is InChI=1S/C15H24O2/c1-13(2)8-11-10(13)4-6-14(3)9-15(11,17)7-5-12(14)16/h10-11,17H,4-9H2,1-3H3/t10?,11-,14?,15?/m1/s1. The van der Waals surface area contributed by atoms with Crippen molar-refractivity contribution in [3.8, 4) is 0 Å². The number of carbonyl (C=O) groups is 1. The summed E-state index contributed by atoms with van der Waals surface area (Å²) in [6, 6.07) is 0. The van der Waals surface area contributed by atoms with E-state index in [0.717, 1.165) is 25.7 Å². The highest BCUT2D eigenvalue weighted by atomic mass is 16.3. The molecule has 0 aromatic carbocycles. The molecule has 0 aromatic rings. The van der Waals surface area contributed by atoms with E-state index < -0.39 is 5.60 Å². The summed E-state index contributed by atoms with van der Waals surface area (Å²) in [7, 11) is 0. The molecule has 0 radical (unpaired) electrons. The average Bonchev–Trinajstić information content (AvgIpc) is 2.28. The van der Waals surface area contributed by atoms with Gasteiger partial charge < -0.3 is 5.11 Å². The van der Waals surface area contributed by atoms with Gasteiger partial charge >= 0.3 is 0 Å². The molecule has 0 heterocycles. The highest BCUT2D eigenvalue weighted by Gasteiger charge is 2.61. The lowest BCUT2D eigenvalue weighted by Crippen LogP contribution is -2.57. The van der Waals surface area contributed by atoms with Crippen LogP contribution >= 0.6 is 0 Å². The van der Waals surface area contributed by atoms with Gasteiger partial charge in [0.1, 0.15) is 5.78 Å². The van der Waals surface area contributed by atoms with Crippen molar-refractivity contribution in [2.45, 2.75) is 64.9 Å². The molecule has 2 bridgehead atoms. The summed E-state index contributed by atoms with van der Waals surface area (Å²) in [5, 5.41) is 10.9. The predicted octanol–water partition coefficient (Wildman–Crippen LogP) is 2.93. The van der Waals surface area contributed by atoms with Gasteiger partial charge in [0, 0.05) is 11.8 Å². The smallest absolute Gasteiger partial charge is 0.138 e. The summed E-state index contributed by atoms with van der Waals surface area (Å²) in [6.45, 7) is 6.71. The normalized spacial score (nSPS) is 52.4. The topological polar surface area (TPSA) is 37.3 Å². The third kappa shape index (κ3) is 1.46. The van der Waals surface area contributed by atoms with Crippen LogP contribution in [-0.2, 0) is 4.79 Å². The van der Waals surface area contributed by atoms with Crippen molar-refractivity contribution in [2.75, 3.05) is 0 Å². The molecule has 0 spiro atoms. The SMILES string of the molecule is CC12CCC3[C@@H](CC3(C)C)C(O)(CCC1=O)C2. The minimum atomic E-state index is -0.542. The maximum absolute atomic E-state index is 12.1. The third-order valence-corrected chi connectivity index (χ3v) is 6.09. The van der Waals surface area contributed by atoms with Crippen LogP contribution in [0.3, 0.4) is 0 Å². The molecule has 3 fully saturated rings. The van der Waals surface area contributed by atoms with Crippen LogP contribution in [-0.4, -0.2) is 16.5 Å². The second-order valence-corrected chi connectivity index (χ2v) is 7.71. The van der Waals surface area contributed by atoms with Crippen LogP contribution in [0, 0.1) is 22.7 Å². The lowest BCUT2D eigenvalue weighted by atomic mass is 9.49. The molecule has 3 rings (SSSR count). The molecular weight excluding hydrogens is 212 g/mol. The van der Waals surface area contributed by atoms with Crippen molar-refractivity contribution >= 4 is 5.78 Å². The lowest BCUT2D eigenvalue weighted by Gasteiger charge is -2.57. The van der Waals surface area contributed by atoms with Gasteiger partial charge in [0.05, 0.1) is 5.60 Å². The minimum Gasteiger partial charge on any atom is -0.390 e. The van der Waals surface area contributed by atoms with E-state index in [1.54, 1.807) is 0 Å². The van der Waals surface area contributed by atoms with Crippen molar-refractivity contribution in [2.24, 2.45) is 22.7 Å². The van der Waals surface area contributed by atoms with Gasteiger partial charge in [-0.25, -0.2) is 0 Å². The van der Waals surface area contributed by atoms with E-state index in [2.05, 4.69) is 20.8 Å². The quantitative estimate of drug-likeness (QED) is 0.702. The molecule has 3 aliphatic rings. The molecule has 4 atom stereocenters. The van der Waals surface area contributed by atoms with Crippen LogP contribution in [0.25, 0.3) is 0 Å². The van der Waals surface area contributed by atoms with Crippen molar-refractivity contribution in [3.05, 3.63) is 0 Å². The summed E-state index contributed by atoms with van der Waals surface area (Å²) in [4.78, 5) is 12.1. The van der Waals surface area contributed by atoms with Crippen LogP contribution < -0.4 is 0 Å². The molecule has 1 N–H and O–H groups in total. The summed E-state index contributed by atoms with van der Waals surface area (Å²) in [5.41, 5.74) is -0.406. The summed E-state index contributed by atoms with van der Waals surface area (Å²) in [6.07, 6.45) is 5.27. The Labute approximate surface area is 104 Å². The number of ketones is 1. The first-order valence-electron chi connectivity index (χ1n) is 7.03. The van der Waals surface area contributed by atoms with E-state index in [0.29, 0.717) is 35.9 Å². The second-order valence-electron chi connectivity index (χ2n) is 7.71. The molecule has 2 heteroatoms. The zero-order valence-electron chi connectivity index (χ0n) is 11.3. The maximum atomic E-state index is 12.1. The van der Waals surface area contributed by atoms with Crippen molar-refractivity contribution < 1.29 is 9.90 Å². The number of aliphatic hydroxyl groups is 1. The van der Waals surface area contributed by atoms with E-state index in [4.69, 9.17) is 0 Å². The number of hydrogen-bond donors (Lipinski definition) is 1. The third-order valence-electron chi connectivity index (χ3n) is 6.09. The van der Waals surface area contributed by atoms with E-state index in [1.807, 2.05) is 0 Å². The number of rotatable bonds is 0. The van der Waals surface area contributed by atoms with Crippen LogP contribution in [0.15, 0.2) is 0 Å². The number of Topliss-reactive ketones (excluding diaryl/α,β-unsaturated/α-hetero) is 1. The van der Waals surface area contributed by atoms with E-state index in [9.17, 15) is 9.90 Å². The minimum absolute atomic E-state index is 0.236. The Kier molecular flexibility index (Phi) is 2.16. The largest absolute Gasteiger partial charge is 0.390 e. The van der Waals surface area contributed by atoms with Crippen LogP contribution in [0.1, 0.15) is 59.3 Å².